The molecule has 1 amide bonds. The zero-order chi connectivity index (χ0) is 19.0. The summed E-state index contributed by atoms with van der Waals surface area (Å²) in [4.78, 5) is 16.8. The third-order valence-corrected chi connectivity index (χ3v) is 4.20. The summed E-state index contributed by atoms with van der Waals surface area (Å²) in [6.07, 6.45) is 1.55. The molecule has 1 N–H and O–H groups in total. The van der Waals surface area contributed by atoms with Gasteiger partial charge in [0.1, 0.15) is 17.7 Å². The van der Waals surface area contributed by atoms with E-state index >= 15 is 0 Å². The molecular weight excluding hydrogens is 342 g/mol. The highest BCUT2D eigenvalue weighted by atomic mass is 16.5. The van der Waals surface area contributed by atoms with Gasteiger partial charge in [0.15, 0.2) is 5.58 Å². The molecule has 0 saturated heterocycles. The Balaban J connectivity index is 1.71. The Hall–Kier alpha value is -3.41. The molecule has 0 atom stereocenters. The second-order valence-electron chi connectivity index (χ2n) is 6.77. The highest BCUT2D eigenvalue weighted by Gasteiger charge is 2.17. The molecule has 6 nitrogen and oxygen atoms in total. The third kappa shape index (κ3) is 3.33. The zero-order valence-corrected chi connectivity index (χ0v) is 15.3. The summed E-state index contributed by atoms with van der Waals surface area (Å²) < 4.78 is 11.0. The molecule has 0 unspecified atom stereocenters. The fourth-order valence-electron chi connectivity index (χ4n) is 2.82. The molecule has 0 spiro atoms. The number of aryl methyl sites for hydroxylation is 1. The Bertz CT molecular complexity index is 1110. The first-order valence-electron chi connectivity index (χ1n) is 8.74. The van der Waals surface area contributed by atoms with Gasteiger partial charge in [0, 0.05) is 17.2 Å². The molecule has 2 aromatic carbocycles. The smallest absolute Gasteiger partial charge is 0.251 e. The van der Waals surface area contributed by atoms with Gasteiger partial charge in [-0.3, -0.25) is 4.79 Å². The molecular formula is C21H19N3O3. The van der Waals surface area contributed by atoms with Gasteiger partial charge in [-0.05, 0) is 51.1 Å². The maximum Gasteiger partial charge on any atom is 0.251 e. The van der Waals surface area contributed by atoms with Crippen molar-refractivity contribution in [3.63, 3.8) is 0 Å². The van der Waals surface area contributed by atoms with Gasteiger partial charge in [-0.15, -0.1) is 0 Å². The van der Waals surface area contributed by atoms with Gasteiger partial charge in [-0.25, -0.2) is 4.98 Å². The van der Waals surface area contributed by atoms with Crippen LogP contribution in [0.15, 0.2) is 57.7 Å². The Kier molecular flexibility index (Phi) is 4.24. The van der Waals surface area contributed by atoms with Crippen LogP contribution in [-0.2, 0) is 0 Å². The molecule has 0 aliphatic heterocycles. The van der Waals surface area contributed by atoms with E-state index in [1.54, 1.807) is 24.5 Å². The Morgan fingerprint density at radius 1 is 1.11 bits per heavy atom. The summed E-state index contributed by atoms with van der Waals surface area (Å²) in [6, 6.07) is 13.2. The van der Waals surface area contributed by atoms with Crippen molar-refractivity contribution in [3.05, 3.63) is 59.9 Å². The average molecular weight is 361 g/mol. The van der Waals surface area contributed by atoms with E-state index in [0.29, 0.717) is 28.4 Å². The van der Waals surface area contributed by atoms with Crippen LogP contribution in [0.25, 0.3) is 33.8 Å². The Morgan fingerprint density at radius 3 is 2.63 bits per heavy atom. The number of carbonyl (C=O) groups is 1. The number of rotatable bonds is 4. The molecule has 0 radical (unpaired) electrons. The van der Waals surface area contributed by atoms with Crippen molar-refractivity contribution < 1.29 is 13.7 Å². The second kappa shape index (κ2) is 6.72. The van der Waals surface area contributed by atoms with Crippen LogP contribution >= 0.6 is 0 Å². The summed E-state index contributed by atoms with van der Waals surface area (Å²) in [5.41, 5.74) is 4.29. The molecule has 0 fully saturated rings. The van der Waals surface area contributed by atoms with Gasteiger partial charge in [0.05, 0.1) is 5.39 Å². The van der Waals surface area contributed by atoms with E-state index in [-0.39, 0.29) is 11.9 Å². The molecule has 0 saturated carbocycles. The lowest BCUT2D eigenvalue weighted by Gasteiger charge is -2.07. The summed E-state index contributed by atoms with van der Waals surface area (Å²) in [7, 11) is 0. The van der Waals surface area contributed by atoms with Crippen molar-refractivity contribution in [2.45, 2.75) is 26.8 Å². The van der Waals surface area contributed by atoms with Crippen LogP contribution in [0.2, 0.25) is 0 Å². The Morgan fingerprint density at radius 2 is 1.89 bits per heavy atom. The van der Waals surface area contributed by atoms with Crippen LogP contribution in [0.3, 0.4) is 0 Å². The number of carbonyl (C=O) groups excluding carboxylic acids is 1. The second-order valence-corrected chi connectivity index (χ2v) is 6.77. The van der Waals surface area contributed by atoms with Gasteiger partial charge in [0.2, 0.25) is 5.89 Å². The maximum atomic E-state index is 12.3. The van der Waals surface area contributed by atoms with E-state index in [0.717, 1.165) is 10.9 Å². The summed E-state index contributed by atoms with van der Waals surface area (Å²) in [5, 5.41) is 7.72. The van der Waals surface area contributed by atoms with Crippen LogP contribution in [0.5, 0.6) is 0 Å². The minimum Gasteiger partial charge on any atom is -0.444 e. The molecule has 2 heterocycles. The van der Waals surface area contributed by atoms with E-state index < -0.39 is 0 Å². The van der Waals surface area contributed by atoms with E-state index in [4.69, 9.17) is 8.94 Å². The van der Waals surface area contributed by atoms with Gasteiger partial charge in [-0.2, -0.15) is 0 Å². The predicted octanol–water partition coefficient (Wildman–Crippen LogP) is 4.60. The van der Waals surface area contributed by atoms with Crippen LogP contribution in [-0.4, -0.2) is 22.1 Å². The normalized spacial score (nSPS) is 11.3. The number of benzene rings is 2. The predicted molar refractivity (Wildman–Crippen MR) is 102 cm³/mol. The van der Waals surface area contributed by atoms with Crippen molar-refractivity contribution in [1.29, 1.82) is 0 Å². The quantitative estimate of drug-likeness (QED) is 0.575. The van der Waals surface area contributed by atoms with E-state index in [1.165, 1.54) is 5.56 Å². The van der Waals surface area contributed by atoms with Gasteiger partial charge in [0.25, 0.3) is 5.91 Å². The van der Waals surface area contributed by atoms with Crippen molar-refractivity contribution in [2.24, 2.45) is 0 Å². The average Bonchev–Trinajstić information content (AvgIpc) is 3.28. The molecule has 0 aliphatic rings. The largest absolute Gasteiger partial charge is 0.444 e. The number of amides is 1. The lowest BCUT2D eigenvalue weighted by molar-refractivity contribution is 0.0943. The summed E-state index contributed by atoms with van der Waals surface area (Å²) >= 11 is 0. The van der Waals surface area contributed by atoms with Crippen LogP contribution in [0.1, 0.15) is 29.8 Å². The van der Waals surface area contributed by atoms with Gasteiger partial charge >= 0.3 is 0 Å². The van der Waals surface area contributed by atoms with E-state index in [2.05, 4.69) is 15.5 Å². The van der Waals surface area contributed by atoms with Crippen molar-refractivity contribution in [3.8, 4) is 22.8 Å². The molecule has 27 heavy (non-hydrogen) atoms. The first-order chi connectivity index (χ1) is 13.0. The topological polar surface area (TPSA) is 81.2 Å². The fourth-order valence-corrected chi connectivity index (χ4v) is 2.82. The molecule has 0 aliphatic carbocycles. The monoisotopic (exact) mass is 361 g/mol. The first-order valence-corrected chi connectivity index (χ1v) is 8.74. The Labute approximate surface area is 156 Å². The number of fused-ring (bicyclic) bond motifs is 1. The van der Waals surface area contributed by atoms with Crippen LogP contribution < -0.4 is 5.32 Å². The van der Waals surface area contributed by atoms with Gasteiger partial charge in [-0.1, -0.05) is 22.9 Å². The van der Waals surface area contributed by atoms with Gasteiger partial charge < -0.3 is 14.3 Å². The molecule has 0 bridgehead atoms. The lowest BCUT2D eigenvalue weighted by atomic mass is 10.1. The first kappa shape index (κ1) is 17.0. The minimum atomic E-state index is -0.139. The van der Waals surface area contributed by atoms with Crippen molar-refractivity contribution >= 4 is 16.9 Å². The number of aromatic nitrogens is 2. The number of hydrogen-bond acceptors (Lipinski definition) is 5. The molecule has 6 heteroatoms. The molecule has 4 rings (SSSR count). The maximum absolute atomic E-state index is 12.3. The summed E-state index contributed by atoms with van der Waals surface area (Å²) in [6.45, 7) is 5.87. The molecule has 4 aromatic rings. The number of oxazole rings is 1. The zero-order valence-electron chi connectivity index (χ0n) is 15.3. The van der Waals surface area contributed by atoms with Crippen molar-refractivity contribution in [1.82, 2.24) is 15.5 Å². The lowest BCUT2D eigenvalue weighted by Crippen LogP contribution is -2.29. The van der Waals surface area contributed by atoms with Crippen LogP contribution in [0.4, 0.5) is 0 Å². The standard InChI is InChI=1S/C21H19N3O3/c1-12(2)22-20(25)15-8-9-18-16(10-15)19(24-27-18)17-11-26-21(23-17)14-6-4-13(3)5-7-14/h4-12H,1-3H3,(H,22,25). The van der Waals surface area contributed by atoms with E-state index in [9.17, 15) is 4.79 Å². The molecule has 2 aromatic heterocycles. The highest BCUT2D eigenvalue weighted by Crippen LogP contribution is 2.30. The third-order valence-electron chi connectivity index (χ3n) is 4.20. The van der Waals surface area contributed by atoms with Crippen LogP contribution in [0, 0.1) is 6.92 Å². The van der Waals surface area contributed by atoms with Crippen molar-refractivity contribution in [2.75, 3.05) is 0 Å². The summed E-state index contributed by atoms with van der Waals surface area (Å²) in [5.74, 6) is 0.370. The number of nitrogens with zero attached hydrogens (tertiary/aromatic N) is 2. The number of hydrogen-bond donors (Lipinski definition) is 1. The minimum absolute atomic E-state index is 0.0581. The fraction of sp³-hybridized carbons (Fsp3) is 0.190. The SMILES string of the molecule is Cc1ccc(-c2nc(-c3noc4ccc(C(=O)NC(C)C)cc34)co2)cc1. The molecule has 136 valence electrons. The van der Waals surface area contributed by atoms with E-state index in [1.807, 2.05) is 45.0 Å². The number of nitrogens with one attached hydrogen (secondary N) is 1. The highest BCUT2D eigenvalue weighted by molar-refractivity contribution is 6.00.